The molecular formula is C29H33N3O3S. The number of thiocarbonyl (C=S) groups is 1. The summed E-state index contributed by atoms with van der Waals surface area (Å²) in [7, 11) is 0. The van der Waals surface area contributed by atoms with E-state index in [9.17, 15) is 9.59 Å². The van der Waals surface area contributed by atoms with Crippen LogP contribution < -0.4 is 20.3 Å². The Morgan fingerprint density at radius 2 is 1.50 bits per heavy atom. The van der Waals surface area contributed by atoms with Gasteiger partial charge in [-0.3, -0.25) is 14.9 Å². The van der Waals surface area contributed by atoms with E-state index in [2.05, 4.69) is 17.6 Å². The normalized spacial score (nSPS) is 10.4. The van der Waals surface area contributed by atoms with Crippen LogP contribution in [0.5, 0.6) is 5.75 Å². The molecule has 0 unspecified atom stereocenters. The van der Waals surface area contributed by atoms with Crippen LogP contribution in [0.25, 0.3) is 0 Å². The quantitative estimate of drug-likeness (QED) is 0.233. The lowest BCUT2D eigenvalue weighted by Gasteiger charge is -2.21. The molecule has 0 bridgehead atoms. The zero-order valence-electron chi connectivity index (χ0n) is 20.8. The number of amides is 2. The highest BCUT2D eigenvalue weighted by Crippen LogP contribution is 2.18. The van der Waals surface area contributed by atoms with Gasteiger partial charge in [-0.1, -0.05) is 44.4 Å². The van der Waals surface area contributed by atoms with Gasteiger partial charge in [0.15, 0.2) is 5.11 Å². The van der Waals surface area contributed by atoms with Gasteiger partial charge in [0.05, 0.1) is 6.61 Å². The first-order valence-electron chi connectivity index (χ1n) is 12.3. The molecule has 36 heavy (non-hydrogen) atoms. The molecule has 0 atom stereocenters. The van der Waals surface area contributed by atoms with Crippen molar-refractivity contribution in [3.63, 3.8) is 0 Å². The van der Waals surface area contributed by atoms with Gasteiger partial charge < -0.3 is 15.0 Å². The number of ether oxygens (including phenoxy) is 1. The standard InChI is InChI=1S/C29H33N3O3S/c1-3-5-6-10-21-35-26-19-15-22(16-20-26)27(33)31-29(36)30-24-17-13-23(14-18-24)28(34)32(4-2)25-11-8-7-9-12-25/h7-9,11-20H,3-6,10,21H2,1-2H3,(H2,30,31,33,36). The molecule has 0 spiro atoms. The van der Waals surface area contributed by atoms with Gasteiger partial charge in [-0.2, -0.15) is 0 Å². The Morgan fingerprint density at radius 1 is 0.833 bits per heavy atom. The third kappa shape index (κ3) is 7.92. The summed E-state index contributed by atoms with van der Waals surface area (Å²) in [6.45, 7) is 5.35. The highest BCUT2D eigenvalue weighted by molar-refractivity contribution is 7.80. The van der Waals surface area contributed by atoms with E-state index in [1.807, 2.05) is 37.3 Å². The van der Waals surface area contributed by atoms with Crippen LogP contribution in [0.2, 0.25) is 0 Å². The summed E-state index contributed by atoms with van der Waals surface area (Å²) < 4.78 is 5.72. The lowest BCUT2D eigenvalue weighted by Crippen LogP contribution is -2.34. The Balaban J connectivity index is 1.50. The minimum Gasteiger partial charge on any atom is -0.494 e. The van der Waals surface area contributed by atoms with Gasteiger partial charge in [-0.25, -0.2) is 0 Å². The average molecular weight is 504 g/mol. The summed E-state index contributed by atoms with van der Waals surface area (Å²) in [6, 6.07) is 23.6. The second-order valence-corrected chi connectivity index (χ2v) is 8.71. The van der Waals surface area contributed by atoms with Crippen LogP contribution in [0.1, 0.15) is 60.2 Å². The maximum Gasteiger partial charge on any atom is 0.258 e. The topological polar surface area (TPSA) is 70.7 Å². The highest BCUT2D eigenvalue weighted by atomic mass is 32.1. The molecule has 2 N–H and O–H groups in total. The minimum atomic E-state index is -0.310. The summed E-state index contributed by atoms with van der Waals surface area (Å²) >= 11 is 5.30. The van der Waals surface area contributed by atoms with Crippen LogP contribution in [-0.4, -0.2) is 30.1 Å². The minimum absolute atomic E-state index is 0.0838. The molecule has 0 radical (unpaired) electrons. The third-order valence-electron chi connectivity index (χ3n) is 5.63. The monoisotopic (exact) mass is 503 g/mol. The number of carbonyl (C=O) groups excluding carboxylic acids is 2. The Hall–Kier alpha value is -3.71. The lowest BCUT2D eigenvalue weighted by molar-refractivity contribution is 0.0973. The van der Waals surface area contributed by atoms with Crippen molar-refractivity contribution in [2.45, 2.75) is 39.5 Å². The molecule has 7 heteroatoms. The first-order chi connectivity index (χ1) is 17.5. The summed E-state index contributed by atoms with van der Waals surface area (Å²) in [5.74, 6) is 0.349. The van der Waals surface area contributed by atoms with Crippen molar-refractivity contribution >= 4 is 40.5 Å². The van der Waals surface area contributed by atoms with Crippen LogP contribution in [-0.2, 0) is 0 Å². The Bertz CT molecular complexity index is 1130. The zero-order valence-corrected chi connectivity index (χ0v) is 21.6. The van der Waals surface area contributed by atoms with Crippen molar-refractivity contribution in [3.8, 4) is 5.75 Å². The van der Waals surface area contributed by atoms with Crippen molar-refractivity contribution in [2.75, 3.05) is 23.4 Å². The van der Waals surface area contributed by atoms with E-state index in [4.69, 9.17) is 17.0 Å². The molecule has 3 aromatic carbocycles. The largest absolute Gasteiger partial charge is 0.494 e. The maximum absolute atomic E-state index is 13.0. The fourth-order valence-electron chi connectivity index (χ4n) is 3.66. The number of para-hydroxylation sites is 1. The number of nitrogens with zero attached hydrogens (tertiary/aromatic N) is 1. The molecule has 0 aliphatic heterocycles. The third-order valence-corrected chi connectivity index (χ3v) is 5.83. The van der Waals surface area contributed by atoms with Crippen LogP contribution in [0.15, 0.2) is 78.9 Å². The first kappa shape index (κ1) is 26.9. The van der Waals surface area contributed by atoms with E-state index in [0.29, 0.717) is 30.0 Å². The molecule has 0 saturated heterocycles. The number of rotatable bonds is 11. The first-order valence-corrected chi connectivity index (χ1v) is 12.7. The maximum atomic E-state index is 13.0. The van der Waals surface area contributed by atoms with E-state index in [0.717, 1.165) is 24.3 Å². The van der Waals surface area contributed by atoms with Gasteiger partial charge >= 0.3 is 0 Å². The predicted octanol–water partition coefficient (Wildman–Crippen LogP) is 6.44. The Kier molecular flexibility index (Phi) is 10.5. The molecule has 0 aromatic heterocycles. The van der Waals surface area contributed by atoms with Gasteiger partial charge in [0.25, 0.3) is 11.8 Å². The summed E-state index contributed by atoms with van der Waals surface area (Å²) in [4.78, 5) is 27.2. The Labute approximate surface area is 218 Å². The van der Waals surface area contributed by atoms with Gasteiger partial charge in [0.1, 0.15) is 5.75 Å². The molecule has 0 aliphatic carbocycles. The number of anilines is 2. The molecule has 3 aromatic rings. The molecule has 0 heterocycles. The summed E-state index contributed by atoms with van der Waals surface area (Å²) in [5, 5.41) is 5.85. The highest BCUT2D eigenvalue weighted by Gasteiger charge is 2.16. The van der Waals surface area contributed by atoms with E-state index in [1.54, 1.807) is 53.4 Å². The molecule has 3 rings (SSSR count). The number of unbranched alkanes of at least 4 members (excludes halogenated alkanes) is 3. The van der Waals surface area contributed by atoms with Crippen molar-refractivity contribution in [1.82, 2.24) is 5.32 Å². The second-order valence-electron chi connectivity index (χ2n) is 8.30. The molecule has 0 fully saturated rings. The number of hydrogen-bond donors (Lipinski definition) is 2. The number of nitrogens with one attached hydrogen (secondary N) is 2. The summed E-state index contributed by atoms with van der Waals surface area (Å²) in [6.07, 6.45) is 4.59. The van der Waals surface area contributed by atoms with Crippen molar-refractivity contribution in [2.24, 2.45) is 0 Å². The van der Waals surface area contributed by atoms with Gasteiger partial charge in [0.2, 0.25) is 0 Å². The zero-order chi connectivity index (χ0) is 25.8. The van der Waals surface area contributed by atoms with Crippen LogP contribution in [0.4, 0.5) is 11.4 Å². The number of benzene rings is 3. The molecule has 6 nitrogen and oxygen atoms in total. The van der Waals surface area contributed by atoms with E-state index in [-0.39, 0.29) is 16.9 Å². The smallest absolute Gasteiger partial charge is 0.258 e. The van der Waals surface area contributed by atoms with Crippen LogP contribution in [0, 0.1) is 0 Å². The molecule has 0 aliphatic rings. The molecule has 188 valence electrons. The van der Waals surface area contributed by atoms with E-state index < -0.39 is 0 Å². The predicted molar refractivity (Wildman–Crippen MR) is 150 cm³/mol. The molecular weight excluding hydrogens is 470 g/mol. The summed E-state index contributed by atoms with van der Waals surface area (Å²) in [5.41, 5.74) is 2.57. The lowest BCUT2D eigenvalue weighted by atomic mass is 10.1. The van der Waals surface area contributed by atoms with Crippen LogP contribution in [0.3, 0.4) is 0 Å². The van der Waals surface area contributed by atoms with E-state index in [1.165, 1.54) is 12.8 Å². The van der Waals surface area contributed by atoms with Crippen molar-refractivity contribution < 1.29 is 14.3 Å². The SMILES string of the molecule is CCCCCCOc1ccc(C(=O)NC(=S)Nc2ccc(C(=O)N(CC)c3ccccc3)cc2)cc1. The second kappa shape index (κ2) is 14.0. The number of carbonyl (C=O) groups is 2. The average Bonchev–Trinajstić information content (AvgIpc) is 2.90. The van der Waals surface area contributed by atoms with Crippen molar-refractivity contribution in [1.29, 1.82) is 0 Å². The van der Waals surface area contributed by atoms with Gasteiger partial charge in [0, 0.05) is 29.0 Å². The molecule has 0 saturated carbocycles. The van der Waals surface area contributed by atoms with Gasteiger partial charge in [-0.05, 0) is 86.2 Å². The van der Waals surface area contributed by atoms with Crippen molar-refractivity contribution in [3.05, 3.63) is 90.0 Å². The van der Waals surface area contributed by atoms with Gasteiger partial charge in [-0.15, -0.1) is 0 Å². The van der Waals surface area contributed by atoms with E-state index >= 15 is 0 Å². The fraction of sp³-hybridized carbons (Fsp3) is 0.276. The Morgan fingerprint density at radius 3 is 2.14 bits per heavy atom. The fourth-order valence-corrected chi connectivity index (χ4v) is 3.87. The molecule has 2 amide bonds. The van der Waals surface area contributed by atoms with Crippen LogP contribution >= 0.6 is 12.2 Å². The number of hydrogen-bond acceptors (Lipinski definition) is 4.